The molecule has 0 N–H and O–H groups in total. The van der Waals surface area contributed by atoms with E-state index in [2.05, 4.69) is 20.9 Å². The van der Waals surface area contributed by atoms with Crippen LogP contribution < -0.4 is 0 Å². The molecule has 88 valence electrons. The van der Waals surface area contributed by atoms with Crippen LogP contribution in [-0.4, -0.2) is 25.5 Å². The number of aryl methyl sites for hydroxylation is 1. The van der Waals surface area contributed by atoms with Crippen molar-refractivity contribution in [2.75, 3.05) is 0 Å². The molecule has 1 atom stereocenters. The zero-order valence-corrected chi connectivity index (χ0v) is 10.3. The molecule has 1 aromatic rings. The van der Waals surface area contributed by atoms with E-state index in [1.54, 1.807) is 6.92 Å². The van der Waals surface area contributed by atoms with Gasteiger partial charge in [-0.2, -0.15) is 0 Å². The molecule has 0 radical (unpaired) electrons. The van der Waals surface area contributed by atoms with Gasteiger partial charge in [0.05, 0.1) is 0 Å². The first-order chi connectivity index (χ1) is 7.41. The van der Waals surface area contributed by atoms with E-state index in [4.69, 9.17) is 4.74 Å². The first kappa shape index (κ1) is 12.6. The van der Waals surface area contributed by atoms with Gasteiger partial charge in [-0.25, -0.2) is 9.55 Å². The number of hydrogen-bond acceptors (Lipinski definition) is 5. The van der Waals surface area contributed by atoms with Crippen molar-refractivity contribution in [3.8, 4) is 0 Å². The Bertz CT molecular complexity index is 417. The van der Waals surface area contributed by atoms with Crippen LogP contribution in [0.1, 0.15) is 12.7 Å². The Balaban J connectivity index is 2.83. The molecule has 0 saturated heterocycles. The molecule has 0 fully saturated rings. The molecule has 0 saturated carbocycles. The summed E-state index contributed by atoms with van der Waals surface area (Å²) in [6.45, 7) is 3.05. The standard InChI is InChI=1S/C8H10BrN3O4/c1-5-10-3-8(12(14)15)11(5)4-7(9)16-6(2)13/h3,7H,4H2,1-2H3. The second-order valence-corrected chi connectivity index (χ2v) is 4.07. The summed E-state index contributed by atoms with van der Waals surface area (Å²) in [7, 11) is 0. The van der Waals surface area contributed by atoms with Gasteiger partial charge in [-0.15, -0.1) is 0 Å². The van der Waals surface area contributed by atoms with Gasteiger partial charge in [0.1, 0.15) is 12.7 Å². The van der Waals surface area contributed by atoms with E-state index < -0.39 is 15.9 Å². The van der Waals surface area contributed by atoms with Crippen molar-refractivity contribution < 1.29 is 14.5 Å². The lowest BCUT2D eigenvalue weighted by Gasteiger charge is -2.09. The van der Waals surface area contributed by atoms with Gasteiger partial charge in [-0.3, -0.25) is 4.79 Å². The number of aromatic nitrogens is 2. The number of carbonyl (C=O) groups excluding carboxylic acids is 1. The van der Waals surface area contributed by atoms with Crippen molar-refractivity contribution in [3.63, 3.8) is 0 Å². The van der Waals surface area contributed by atoms with E-state index in [0.717, 1.165) is 0 Å². The average Bonchev–Trinajstić information content (AvgIpc) is 2.46. The molecular weight excluding hydrogens is 282 g/mol. The SMILES string of the molecule is CC(=O)OC(Br)Cn1c([N+](=O)[O-])cnc1C. The maximum Gasteiger partial charge on any atom is 0.343 e. The number of alkyl halides is 1. The molecule has 0 aliphatic carbocycles. The highest BCUT2D eigenvalue weighted by Crippen LogP contribution is 2.17. The number of imidazole rings is 1. The summed E-state index contributed by atoms with van der Waals surface area (Å²) >= 11 is 3.10. The number of hydrogen-bond donors (Lipinski definition) is 0. The van der Waals surface area contributed by atoms with E-state index in [1.807, 2.05) is 0 Å². The van der Waals surface area contributed by atoms with Crippen molar-refractivity contribution in [2.45, 2.75) is 25.4 Å². The molecule has 0 spiro atoms. The van der Waals surface area contributed by atoms with Crippen LogP contribution in [0.4, 0.5) is 5.82 Å². The summed E-state index contributed by atoms with van der Waals surface area (Å²) in [4.78, 5) is 24.6. The van der Waals surface area contributed by atoms with E-state index in [0.29, 0.717) is 5.82 Å². The molecule has 0 bridgehead atoms. The molecule has 1 unspecified atom stereocenters. The highest BCUT2D eigenvalue weighted by Gasteiger charge is 2.21. The van der Waals surface area contributed by atoms with Crippen molar-refractivity contribution in [3.05, 3.63) is 22.1 Å². The van der Waals surface area contributed by atoms with E-state index in [-0.39, 0.29) is 12.4 Å². The van der Waals surface area contributed by atoms with Crippen molar-refractivity contribution in [2.24, 2.45) is 0 Å². The number of halogens is 1. The number of nitro groups is 1. The van der Waals surface area contributed by atoms with E-state index in [1.165, 1.54) is 17.7 Å². The zero-order valence-electron chi connectivity index (χ0n) is 8.71. The molecule has 1 rings (SSSR count). The zero-order chi connectivity index (χ0) is 12.3. The number of ether oxygens (including phenoxy) is 1. The second kappa shape index (κ2) is 5.06. The largest absolute Gasteiger partial charge is 0.447 e. The quantitative estimate of drug-likeness (QED) is 0.362. The van der Waals surface area contributed by atoms with Crippen LogP contribution in [0.2, 0.25) is 0 Å². The Morgan fingerprint density at radius 1 is 1.81 bits per heavy atom. The Morgan fingerprint density at radius 2 is 2.44 bits per heavy atom. The molecule has 7 nitrogen and oxygen atoms in total. The van der Waals surface area contributed by atoms with E-state index in [9.17, 15) is 14.9 Å². The van der Waals surface area contributed by atoms with Gasteiger partial charge in [0.15, 0.2) is 10.8 Å². The lowest BCUT2D eigenvalue weighted by Crippen LogP contribution is -2.18. The topological polar surface area (TPSA) is 87.3 Å². The normalized spacial score (nSPS) is 12.2. The first-order valence-corrected chi connectivity index (χ1v) is 5.31. The summed E-state index contributed by atoms with van der Waals surface area (Å²) in [6, 6.07) is 0. The number of esters is 1. The molecule has 1 aromatic heterocycles. The molecule has 16 heavy (non-hydrogen) atoms. The van der Waals surface area contributed by atoms with Crippen LogP contribution in [0.3, 0.4) is 0 Å². The third-order valence-corrected chi connectivity index (χ3v) is 2.32. The smallest absolute Gasteiger partial charge is 0.343 e. The summed E-state index contributed by atoms with van der Waals surface area (Å²) in [5.41, 5.74) is 0. The van der Waals surface area contributed by atoms with Gasteiger partial charge in [0, 0.05) is 13.8 Å². The van der Waals surface area contributed by atoms with Crippen LogP contribution in [0, 0.1) is 17.0 Å². The summed E-state index contributed by atoms with van der Waals surface area (Å²) < 4.78 is 6.18. The lowest BCUT2D eigenvalue weighted by atomic mass is 10.5. The van der Waals surface area contributed by atoms with Crippen LogP contribution in [-0.2, 0) is 16.1 Å². The predicted molar refractivity (Wildman–Crippen MR) is 58.1 cm³/mol. The highest BCUT2D eigenvalue weighted by atomic mass is 79.9. The van der Waals surface area contributed by atoms with Crippen molar-refractivity contribution in [1.29, 1.82) is 0 Å². The molecule has 1 heterocycles. The predicted octanol–water partition coefficient (Wildman–Crippen LogP) is 1.38. The fourth-order valence-electron chi connectivity index (χ4n) is 1.19. The Morgan fingerprint density at radius 3 is 2.94 bits per heavy atom. The number of carbonyl (C=O) groups is 1. The summed E-state index contributed by atoms with van der Waals surface area (Å²) in [5.74, 6) is -0.0975. The van der Waals surface area contributed by atoms with E-state index >= 15 is 0 Å². The van der Waals surface area contributed by atoms with Gasteiger partial charge in [-0.05, 0) is 20.9 Å². The minimum absolute atomic E-state index is 0.130. The number of rotatable bonds is 4. The molecule has 0 aliphatic heterocycles. The Labute approximate surface area is 99.7 Å². The summed E-state index contributed by atoms with van der Waals surface area (Å²) in [6.07, 6.45) is 1.17. The van der Waals surface area contributed by atoms with Crippen molar-refractivity contribution in [1.82, 2.24) is 9.55 Å². The fraction of sp³-hybridized carbons (Fsp3) is 0.500. The average molecular weight is 292 g/mol. The molecule has 0 aliphatic rings. The van der Waals surface area contributed by atoms with Gasteiger partial charge in [0.2, 0.25) is 0 Å². The molecule has 8 heteroatoms. The summed E-state index contributed by atoms with van der Waals surface area (Å²) in [5, 5.41) is 10.0. The van der Waals surface area contributed by atoms with Gasteiger partial charge in [0.25, 0.3) is 0 Å². The Hall–Kier alpha value is -1.44. The maximum absolute atomic E-state index is 10.7. The van der Waals surface area contributed by atoms with Gasteiger partial charge < -0.3 is 14.9 Å². The van der Waals surface area contributed by atoms with Gasteiger partial charge >= 0.3 is 11.8 Å². The van der Waals surface area contributed by atoms with Crippen LogP contribution in [0.5, 0.6) is 0 Å². The minimum Gasteiger partial charge on any atom is -0.447 e. The monoisotopic (exact) mass is 291 g/mol. The maximum atomic E-state index is 10.7. The number of nitrogens with zero attached hydrogens (tertiary/aromatic N) is 3. The van der Waals surface area contributed by atoms with Gasteiger partial charge in [-0.1, -0.05) is 0 Å². The Kier molecular flexibility index (Phi) is 3.99. The fourth-order valence-corrected chi connectivity index (χ4v) is 1.74. The third-order valence-electron chi connectivity index (χ3n) is 1.84. The highest BCUT2D eigenvalue weighted by molar-refractivity contribution is 9.09. The van der Waals surface area contributed by atoms with Crippen LogP contribution in [0.25, 0.3) is 0 Å². The van der Waals surface area contributed by atoms with Crippen molar-refractivity contribution >= 4 is 27.7 Å². The second-order valence-electron chi connectivity index (χ2n) is 3.05. The van der Waals surface area contributed by atoms with Crippen LogP contribution in [0.15, 0.2) is 6.20 Å². The van der Waals surface area contributed by atoms with Crippen LogP contribution >= 0.6 is 15.9 Å². The molecule has 0 aromatic carbocycles. The molecular formula is C8H10BrN3O4. The lowest BCUT2D eigenvalue weighted by molar-refractivity contribution is -0.392. The minimum atomic E-state index is -0.614. The molecule has 0 amide bonds. The third kappa shape index (κ3) is 3.02. The first-order valence-electron chi connectivity index (χ1n) is 4.39.